The van der Waals surface area contributed by atoms with Crippen molar-refractivity contribution >= 4 is 32.6 Å². The fourth-order valence-electron chi connectivity index (χ4n) is 2.07. The van der Waals surface area contributed by atoms with Gasteiger partial charge in [0.05, 0.1) is 6.04 Å². The van der Waals surface area contributed by atoms with Crippen LogP contribution in [0.2, 0.25) is 0 Å². The first-order chi connectivity index (χ1) is 9.77. The van der Waals surface area contributed by atoms with E-state index in [9.17, 15) is 4.79 Å². The van der Waals surface area contributed by atoms with Crippen molar-refractivity contribution in [2.45, 2.75) is 33.4 Å². The Balaban J connectivity index is 2.08. The van der Waals surface area contributed by atoms with Crippen LogP contribution >= 0.6 is 15.9 Å². The van der Waals surface area contributed by atoms with Crippen molar-refractivity contribution in [2.75, 3.05) is 0 Å². The van der Waals surface area contributed by atoms with Gasteiger partial charge in [-0.15, -0.1) is 0 Å². The summed E-state index contributed by atoms with van der Waals surface area (Å²) in [5.41, 5.74) is 6.78. The molecule has 0 radical (unpaired) electrons. The first-order valence-electron chi connectivity index (χ1n) is 6.99. The Hall–Kier alpha value is -1.39. The molecule has 0 saturated heterocycles. The quantitative estimate of drug-likeness (QED) is 0.890. The minimum atomic E-state index is -0.507. The van der Waals surface area contributed by atoms with Crippen LogP contribution in [0.15, 0.2) is 40.9 Å². The number of halogens is 1. The molecule has 3 nitrogen and oxygen atoms in total. The van der Waals surface area contributed by atoms with E-state index in [1.807, 2.05) is 32.9 Å². The van der Waals surface area contributed by atoms with Crippen LogP contribution < -0.4 is 11.1 Å². The third-order valence-electron chi connectivity index (χ3n) is 3.55. The first kappa shape index (κ1) is 16.0. The van der Waals surface area contributed by atoms with Crippen molar-refractivity contribution in [3.8, 4) is 0 Å². The van der Waals surface area contributed by atoms with E-state index < -0.39 is 6.04 Å². The van der Waals surface area contributed by atoms with Gasteiger partial charge in [-0.2, -0.15) is 0 Å². The Morgan fingerprint density at radius 3 is 2.52 bits per heavy atom. The number of carbonyl (C=O) groups excluding carboxylic acids is 1. The summed E-state index contributed by atoms with van der Waals surface area (Å²) in [6.07, 6.45) is 0. The number of carbonyl (C=O) groups is 1. The van der Waals surface area contributed by atoms with Crippen LogP contribution in [0.3, 0.4) is 0 Å². The number of fused-ring (bicyclic) bond motifs is 1. The molecule has 1 atom stereocenters. The van der Waals surface area contributed by atoms with Gasteiger partial charge in [-0.25, -0.2) is 0 Å². The fraction of sp³-hybridized carbons (Fsp3) is 0.353. The van der Waals surface area contributed by atoms with Crippen LogP contribution in [0.25, 0.3) is 10.8 Å². The van der Waals surface area contributed by atoms with Crippen molar-refractivity contribution in [3.05, 3.63) is 46.4 Å². The van der Waals surface area contributed by atoms with E-state index in [4.69, 9.17) is 5.73 Å². The van der Waals surface area contributed by atoms with E-state index in [1.54, 1.807) is 0 Å². The van der Waals surface area contributed by atoms with Gasteiger partial charge in [0.2, 0.25) is 5.91 Å². The Labute approximate surface area is 134 Å². The molecular weight excluding hydrogens is 328 g/mol. The molecule has 3 N–H and O–H groups in total. The van der Waals surface area contributed by atoms with E-state index in [0.29, 0.717) is 6.54 Å². The molecule has 112 valence electrons. The predicted octanol–water partition coefficient (Wildman–Crippen LogP) is 3.59. The molecule has 0 spiro atoms. The van der Waals surface area contributed by atoms with Gasteiger partial charge in [-0.05, 0) is 39.9 Å². The van der Waals surface area contributed by atoms with Gasteiger partial charge in [0.1, 0.15) is 0 Å². The number of rotatable bonds is 3. The second kappa shape index (κ2) is 6.16. The second-order valence-electron chi connectivity index (χ2n) is 6.39. The normalized spacial score (nSPS) is 13.2. The fourth-order valence-corrected chi connectivity index (χ4v) is 2.45. The highest BCUT2D eigenvalue weighted by molar-refractivity contribution is 9.10. The van der Waals surface area contributed by atoms with Crippen molar-refractivity contribution in [2.24, 2.45) is 11.1 Å². The minimum absolute atomic E-state index is 0.114. The number of nitrogens with two attached hydrogens (primary N) is 1. The molecule has 0 fully saturated rings. The molecule has 2 aromatic rings. The molecule has 21 heavy (non-hydrogen) atoms. The van der Waals surface area contributed by atoms with Gasteiger partial charge >= 0.3 is 0 Å². The Morgan fingerprint density at radius 2 is 1.86 bits per heavy atom. The smallest absolute Gasteiger partial charge is 0.237 e. The summed E-state index contributed by atoms with van der Waals surface area (Å²) >= 11 is 3.47. The number of amides is 1. The van der Waals surface area contributed by atoms with Crippen molar-refractivity contribution < 1.29 is 4.79 Å². The summed E-state index contributed by atoms with van der Waals surface area (Å²) in [4.78, 5) is 12.0. The maximum Gasteiger partial charge on any atom is 0.237 e. The standard InChI is InChI=1S/C17H21BrN2O/c1-17(2,3)15(19)16(21)20-10-11-4-5-12-6-7-14(18)9-13(12)8-11/h4-9,15H,10,19H2,1-3H3,(H,20,21). The summed E-state index contributed by atoms with van der Waals surface area (Å²) in [6.45, 7) is 6.38. The number of hydrogen-bond acceptors (Lipinski definition) is 2. The molecule has 4 heteroatoms. The highest BCUT2D eigenvalue weighted by Gasteiger charge is 2.26. The van der Waals surface area contributed by atoms with Crippen molar-refractivity contribution in [3.63, 3.8) is 0 Å². The number of benzene rings is 2. The Bertz CT molecular complexity index is 661. The molecule has 1 unspecified atom stereocenters. The molecule has 0 heterocycles. The topological polar surface area (TPSA) is 55.1 Å². The molecule has 0 aromatic heterocycles. The van der Waals surface area contributed by atoms with Gasteiger partial charge in [-0.3, -0.25) is 4.79 Å². The monoisotopic (exact) mass is 348 g/mol. The molecule has 0 bridgehead atoms. The Kier molecular flexibility index (Phi) is 4.69. The molecule has 2 rings (SSSR count). The van der Waals surface area contributed by atoms with E-state index in [1.165, 1.54) is 5.39 Å². The molecule has 0 aliphatic rings. The van der Waals surface area contributed by atoms with E-state index in [2.05, 4.69) is 45.5 Å². The van der Waals surface area contributed by atoms with Crippen LogP contribution in [0.1, 0.15) is 26.3 Å². The SMILES string of the molecule is CC(C)(C)C(N)C(=O)NCc1ccc2ccc(Br)cc2c1. The van der Waals surface area contributed by atoms with E-state index in [-0.39, 0.29) is 11.3 Å². The van der Waals surface area contributed by atoms with E-state index in [0.717, 1.165) is 15.4 Å². The summed E-state index contributed by atoms with van der Waals surface area (Å²) in [5.74, 6) is -0.114. The lowest BCUT2D eigenvalue weighted by Crippen LogP contribution is -2.48. The lowest BCUT2D eigenvalue weighted by atomic mass is 9.87. The van der Waals surface area contributed by atoms with Crippen LogP contribution in [0.5, 0.6) is 0 Å². The summed E-state index contributed by atoms with van der Waals surface area (Å²) < 4.78 is 1.05. The lowest BCUT2D eigenvalue weighted by Gasteiger charge is -2.25. The van der Waals surface area contributed by atoms with Gasteiger partial charge in [-0.1, -0.05) is 54.9 Å². The molecule has 1 amide bonds. The van der Waals surface area contributed by atoms with Crippen LogP contribution in [0.4, 0.5) is 0 Å². The highest BCUT2D eigenvalue weighted by Crippen LogP contribution is 2.21. The molecule has 0 saturated carbocycles. The number of nitrogens with one attached hydrogen (secondary N) is 1. The van der Waals surface area contributed by atoms with Crippen LogP contribution in [0, 0.1) is 5.41 Å². The molecule has 0 aliphatic heterocycles. The largest absolute Gasteiger partial charge is 0.351 e. The van der Waals surface area contributed by atoms with Crippen molar-refractivity contribution in [1.82, 2.24) is 5.32 Å². The average molecular weight is 349 g/mol. The zero-order valence-corrected chi connectivity index (χ0v) is 14.2. The van der Waals surface area contributed by atoms with Gasteiger partial charge in [0.25, 0.3) is 0 Å². The molecule has 0 aliphatic carbocycles. The minimum Gasteiger partial charge on any atom is -0.351 e. The van der Waals surface area contributed by atoms with Gasteiger partial charge < -0.3 is 11.1 Å². The summed E-state index contributed by atoms with van der Waals surface area (Å²) in [6, 6.07) is 11.8. The first-order valence-corrected chi connectivity index (χ1v) is 7.78. The summed E-state index contributed by atoms with van der Waals surface area (Å²) in [7, 11) is 0. The average Bonchev–Trinajstić information content (AvgIpc) is 2.42. The molecular formula is C17H21BrN2O. The Morgan fingerprint density at radius 1 is 1.19 bits per heavy atom. The van der Waals surface area contributed by atoms with Crippen LogP contribution in [-0.4, -0.2) is 11.9 Å². The maximum absolute atomic E-state index is 12.0. The lowest BCUT2D eigenvalue weighted by molar-refractivity contribution is -0.124. The molecule has 2 aromatic carbocycles. The second-order valence-corrected chi connectivity index (χ2v) is 7.30. The highest BCUT2D eigenvalue weighted by atomic mass is 79.9. The van der Waals surface area contributed by atoms with Gasteiger partial charge in [0.15, 0.2) is 0 Å². The van der Waals surface area contributed by atoms with Crippen LogP contribution in [-0.2, 0) is 11.3 Å². The maximum atomic E-state index is 12.0. The zero-order valence-electron chi connectivity index (χ0n) is 12.6. The van der Waals surface area contributed by atoms with Gasteiger partial charge in [0, 0.05) is 11.0 Å². The summed E-state index contributed by atoms with van der Waals surface area (Å²) in [5, 5.41) is 5.24. The third kappa shape index (κ3) is 4.05. The predicted molar refractivity (Wildman–Crippen MR) is 90.9 cm³/mol. The van der Waals surface area contributed by atoms with E-state index >= 15 is 0 Å². The number of hydrogen-bond donors (Lipinski definition) is 2. The third-order valence-corrected chi connectivity index (χ3v) is 4.04. The zero-order chi connectivity index (χ0) is 15.6. The van der Waals surface area contributed by atoms with Crippen molar-refractivity contribution in [1.29, 1.82) is 0 Å².